The SMILES string of the molecule is CCCCNC(=O)[C@@H](C)N(Cc1ccc(Cl)cc1Cl)C(=O)COc1ccc(CC)cc1Br. The van der Waals surface area contributed by atoms with Gasteiger partial charge in [0.2, 0.25) is 5.91 Å². The molecule has 174 valence electrons. The van der Waals surface area contributed by atoms with Crippen LogP contribution in [0.3, 0.4) is 0 Å². The maximum absolute atomic E-state index is 13.1. The molecular weight excluding hydrogens is 515 g/mol. The molecule has 2 aromatic rings. The third kappa shape index (κ3) is 7.68. The Hall–Kier alpha value is -1.76. The van der Waals surface area contributed by atoms with E-state index in [1.54, 1.807) is 25.1 Å². The summed E-state index contributed by atoms with van der Waals surface area (Å²) in [5.74, 6) is 0.0334. The second kappa shape index (κ2) is 13.1. The molecule has 0 radical (unpaired) electrons. The number of nitrogens with one attached hydrogen (secondary N) is 1. The van der Waals surface area contributed by atoms with Gasteiger partial charge in [-0.05, 0) is 71.1 Å². The Morgan fingerprint density at radius 2 is 1.91 bits per heavy atom. The fourth-order valence-electron chi connectivity index (χ4n) is 3.06. The van der Waals surface area contributed by atoms with Gasteiger partial charge in [-0.15, -0.1) is 0 Å². The molecule has 1 atom stereocenters. The largest absolute Gasteiger partial charge is 0.483 e. The van der Waals surface area contributed by atoms with Crippen LogP contribution in [0, 0.1) is 0 Å². The molecular formula is C24H29BrCl2N2O3. The van der Waals surface area contributed by atoms with Crippen LogP contribution < -0.4 is 10.1 Å². The fraction of sp³-hybridized carbons (Fsp3) is 0.417. The van der Waals surface area contributed by atoms with Crippen LogP contribution in [0.15, 0.2) is 40.9 Å². The first kappa shape index (κ1) is 26.5. The molecule has 0 aliphatic heterocycles. The van der Waals surface area contributed by atoms with Gasteiger partial charge < -0.3 is 15.0 Å². The van der Waals surface area contributed by atoms with Gasteiger partial charge in [-0.3, -0.25) is 9.59 Å². The molecule has 5 nitrogen and oxygen atoms in total. The lowest BCUT2D eigenvalue weighted by Gasteiger charge is -2.29. The highest BCUT2D eigenvalue weighted by molar-refractivity contribution is 9.10. The van der Waals surface area contributed by atoms with Crippen LogP contribution >= 0.6 is 39.1 Å². The van der Waals surface area contributed by atoms with Crippen molar-refractivity contribution >= 4 is 50.9 Å². The molecule has 0 aromatic heterocycles. The van der Waals surface area contributed by atoms with E-state index < -0.39 is 6.04 Å². The van der Waals surface area contributed by atoms with Crippen molar-refractivity contribution in [1.29, 1.82) is 0 Å². The second-order valence-electron chi connectivity index (χ2n) is 7.48. The number of carbonyl (C=O) groups excluding carboxylic acids is 2. The molecule has 0 bridgehead atoms. The summed E-state index contributed by atoms with van der Waals surface area (Å²) in [6.45, 7) is 6.35. The summed E-state index contributed by atoms with van der Waals surface area (Å²) in [5.41, 5.74) is 1.86. The number of nitrogens with zero attached hydrogens (tertiary/aromatic N) is 1. The van der Waals surface area contributed by atoms with E-state index in [4.69, 9.17) is 27.9 Å². The molecule has 2 aromatic carbocycles. The Labute approximate surface area is 208 Å². The highest BCUT2D eigenvalue weighted by Gasteiger charge is 2.27. The Kier molecular flexibility index (Phi) is 10.8. The topological polar surface area (TPSA) is 58.6 Å². The van der Waals surface area contributed by atoms with Crippen molar-refractivity contribution in [2.75, 3.05) is 13.2 Å². The molecule has 8 heteroatoms. The first-order valence-corrected chi connectivity index (χ1v) is 12.2. The van der Waals surface area contributed by atoms with Gasteiger partial charge in [0.25, 0.3) is 5.91 Å². The minimum atomic E-state index is -0.694. The lowest BCUT2D eigenvalue weighted by Crippen LogP contribution is -2.49. The van der Waals surface area contributed by atoms with E-state index in [2.05, 4.69) is 35.1 Å². The standard InChI is InChI=1S/C24H29BrCl2N2O3/c1-4-6-11-28-24(31)16(3)29(14-18-8-9-19(26)13-21(18)27)23(30)15-32-22-10-7-17(5-2)12-20(22)25/h7-10,12-13,16H,4-6,11,14-15H2,1-3H3,(H,28,31)/t16-/m1/s1. The van der Waals surface area contributed by atoms with E-state index in [1.807, 2.05) is 18.2 Å². The maximum atomic E-state index is 13.1. The van der Waals surface area contributed by atoms with Gasteiger partial charge in [-0.25, -0.2) is 0 Å². The molecule has 0 aliphatic rings. The molecule has 0 fully saturated rings. The average molecular weight is 544 g/mol. The number of unbranched alkanes of at least 4 members (excludes halogenated alkanes) is 1. The number of rotatable bonds is 11. The molecule has 0 saturated carbocycles. The lowest BCUT2D eigenvalue weighted by molar-refractivity contribution is -0.142. The van der Waals surface area contributed by atoms with Crippen LogP contribution in [-0.4, -0.2) is 35.9 Å². The zero-order valence-electron chi connectivity index (χ0n) is 18.6. The predicted molar refractivity (Wildman–Crippen MR) is 133 cm³/mol. The highest BCUT2D eigenvalue weighted by Crippen LogP contribution is 2.27. The molecule has 0 saturated heterocycles. The van der Waals surface area contributed by atoms with Crippen LogP contribution in [0.25, 0.3) is 0 Å². The maximum Gasteiger partial charge on any atom is 0.261 e. The zero-order chi connectivity index (χ0) is 23.7. The number of halogens is 3. The number of ether oxygens (including phenoxy) is 1. The minimum absolute atomic E-state index is 0.163. The molecule has 1 N–H and O–H groups in total. The zero-order valence-corrected chi connectivity index (χ0v) is 21.7. The van der Waals surface area contributed by atoms with Crippen molar-refractivity contribution in [2.24, 2.45) is 0 Å². The smallest absolute Gasteiger partial charge is 0.261 e. The van der Waals surface area contributed by atoms with Gasteiger partial charge >= 0.3 is 0 Å². The van der Waals surface area contributed by atoms with Crippen LogP contribution in [0.1, 0.15) is 44.7 Å². The average Bonchev–Trinajstić information content (AvgIpc) is 2.77. The van der Waals surface area contributed by atoms with Gasteiger partial charge in [0.1, 0.15) is 11.8 Å². The predicted octanol–water partition coefficient (Wildman–Crippen LogP) is 6.03. The van der Waals surface area contributed by atoms with Crippen molar-refractivity contribution in [3.63, 3.8) is 0 Å². The monoisotopic (exact) mass is 542 g/mol. The molecule has 2 amide bonds. The highest BCUT2D eigenvalue weighted by atomic mass is 79.9. The van der Waals surface area contributed by atoms with E-state index in [1.165, 1.54) is 4.90 Å². The van der Waals surface area contributed by atoms with E-state index >= 15 is 0 Å². The van der Waals surface area contributed by atoms with Gasteiger partial charge in [-0.1, -0.05) is 55.6 Å². The number of carbonyl (C=O) groups is 2. The van der Waals surface area contributed by atoms with Gasteiger partial charge in [0.15, 0.2) is 6.61 Å². The van der Waals surface area contributed by atoms with Gasteiger partial charge in [0, 0.05) is 23.1 Å². The molecule has 2 rings (SSSR count). The van der Waals surface area contributed by atoms with Gasteiger partial charge in [0.05, 0.1) is 4.47 Å². The first-order valence-electron chi connectivity index (χ1n) is 10.7. The Balaban J connectivity index is 2.18. The van der Waals surface area contributed by atoms with Gasteiger partial charge in [-0.2, -0.15) is 0 Å². The molecule has 0 unspecified atom stereocenters. The number of aryl methyl sites for hydroxylation is 1. The lowest BCUT2D eigenvalue weighted by atomic mass is 10.1. The normalized spacial score (nSPS) is 11.7. The summed E-state index contributed by atoms with van der Waals surface area (Å²) in [5, 5.41) is 3.83. The summed E-state index contributed by atoms with van der Waals surface area (Å²) < 4.78 is 6.55. The summed E-state index contributed by atoms with van der Waals surface area (Å²) in [6.07, 6.45) is 2.75. The van der Waals surface area contributed by atoms with E-state index in [0.29, 0.717) is 27.9 Å². The quantitative estimate of drug-likeness (QED) is 0.352. The van der Waals surface area contributed by atoms with E-state index in [9.17, 15) is 9.59 Å². The van der Waals surface area contributed by atoms with E-state index in [-0.39, 0.29) is 25.0 Å². The third-order valence-corrected chi connectivity index (χ3v) is 6.32. The number of hydrogen-bond donors (Lipinski definition) is 1. The van der Waals surface area contributed by atoms with Crippen molar-refractivity contribution in [3.05, 3.63) is 62.0 Å². The summed E-state index contributed by atoms with van der Waals surface area (Å²) in [4.78, 5) is 27.3. The summed E-state index contributed by atoms with van der Waals surface area (Å²) in [7, 11) is 0. The number of hydrogen-bond acceptors (Lipinski definition) is 3. The minimum Gasteiger partial charge on any atom is -0.483 e. The molecule has 32 heavy (non-hydrogen) atoms. The van der Waals surface area contributed by atoms with Crippen molar-refractivity contribution in [2.45, 2.75) is 52.6 Å². The summed E-state index contributed by atoms with van der Waals surface area (Å²) in [6, 6.07) is 10.1. The van der Waals surface area contributed by atoms with Crippen LogP contribution in [0.5, 0.6) is 5.75 Å². The van der Waals surface area contributed by atoms with Crippen molar-refractivity contribution in [3.8, 4) is 5.75 Å². The number of benzene rings is 2. The Bertz CT molecular complexity index is 939. The molecule has 0 heterocycles. The third-order valence-electron chi connectivity index (χ3n) is 5.11. The molecule has 0 spiro atoms. The second-order valence-corrected chi connectivity index (χ2v) is 9.18. The van der Waals surface area contributed by atoms with Crippen molar-refractivity contribution < 1.29 is 14.3 Å². The summed E-state index contributed by atoms with van der Waals surface area (Å²) >= 11 is 15.8. The van der Waals surface area contributed by atoms with Crippen molar-refractivity contribution in [1.82, 2.24) is 10.2 Å². The fourth-order valence-corrected chi connectivity index (χ4v) is 4.06. The van der Waals surface area contributed by atoms with Crippen LogP contribution in [0.2, 0.25) is 10.0 Å². The van der Waals surface area contributed by atoms with E-state index in [0.717, 1.165) is 29.3 Å². The van der Waals surface area contributed by atoms with Crippen LogP contribution in [-0.2, 0) is 22.6 Å². The van der Waals surface area contributed by atoms with Crippen LogP contribution in [0.4, 0.5) is 0 Å². The first-order chi connectivity index (χ1) is 15.3. The number of amides is 2. The molecule has 0 aliphatic carbocycles. The Morgan fingerprint density at radius 3 is 2.53 bits per heavy atom. The Morgan fingerprint density at radius 1 is 1.16 bits per heavy atom.